The number of esters is 1. The normalized spacial score (nSPS) is 12.4. The number of aromatic nitrogens is 2. The number of thioether (sulfide) groups is 1. The Morgan fingerprint density at radius 1 is 0.943 bits per heavy atom. The number of benzene rings is 3. The first-order valence-corrected chi connectivity index (χ1v) is 12.3. The molecule has 0 saturated heterocycles. The molecule has 0 N–H and O–H groups in total. The molecule has 0 atom stereocenters. The van der Waals surface area contributed by atoms with Gasteiger partial charge in [0.2, 0.25) is 5.89 Å². The molecule has 1 amide bonds. The minimum atomic E-state index is -0.556. The summed E-state index contributed by atoms with van der Waals surface area (Å²) in [5.41, 5.74) is 4.20. The van der Waals surface area contributed by atoms with Crippen molar-refractivity contribution < 1.29 is 18.8 Å². The van der Waals surface area contributed by atoms with Crippen LogP contribution in [0.4, 0.5) is 11.4 Å². The number of ether oxygens (including phenoxy) is 1. The lowest BCUT2D eigenvalue weighted by Gasteiger charge is -2.24. The van der Waals surface area contributed by atoms with Crippen molar-refractivity contribution in [2.24, 2.45) is 0 Å². The van der Waals surface area contributed by atoms with Crippen LogP contribution in [0.15, 0.2) is 82.2 Å². The highest BCUT2D eigenvalue weighted by atomic mass is 32.2. The van der Waals surface area contributed by atoms with E-state index in [2.05, 4.69) is 10.1 Å². The maximum Gasteiger partial charge on any atom is 0.339 e. The topological polar surface area (TPSA) is 85.5 Å². The van der Waals surface area contributed by atoms with E-state index in [0.29, 0.717) is 27.9 Å². The van der Waals surface area contributed by atoms with Gasteiger partial charge in [-0.15, -0.1) is 11.8 Å². The van der Waals surface area contributed by atoms with Crippen LogP contribution in [0.2, 0.25) is 0 Å². The van der Waals surface area contributed by atoms with Gasteiger partial charge in [0.25, 0.3) is 5.91 Å². The summed E-state index contributed by atoms with van der Waals surface area (Å²) in [6.45, 7) is 1.38. The van der Waals surface area contributed by atoms with Crippen LogP contribution >= 0.6 is 11.8 Å². The molecule has 0 fully saturated rings. The number of anilines is 2. The van der Waals surface area contributed by atoms with Gasteiger partial charge < -0.3 is 9.26 Å². The van der Waals surface area contributed by atoms with E-state index in [1.165, 1.54) is 11.8 Å². The number of fused-ring (bicyclic) bond motifs is 2. The average molecular weight is 486 g/mol. The van der Waals surface area contributed by atoms with Gasteiger partial charge >= 0.3 is 5.97 Å². The Labute approximate surface area is 207 Å². The molecule has 2 heterocycles. The van der Waals surface area contributed by atoms with Gasteiger partial charge in [0.05, 0.1) is 22.7 Å². The minimum Gasteiger partial charge on any atom is -0.452 e. The van der Waals surface area contributed by atoms with Gasteiger partial charge in [-0.3, -0.25) is 9.69 Å². The fraction of sp³-hybridized carbons (Fsp3) is 0.185. The summed E-state index contributed by atoms with van der Waals surface area (Å²) in [5, 5.41) is 3.79. The second-order valence-electron chi connectivity index (χ2n) is 8.08. The molecule has 1 aromatic heterocycles. The number of hydrogen-bond donors (Lipinski definition) is 0. The standard InChI is InChI=1S/C27H23N3O4S/c1-18-28-25(34-29-18)17-35-24-13-7-4-10-21(24)27(32)33-16-26(31)30-22-11-5-2-8-19(22)14-15-20-9-3-6-12-23(20)30/h2-13H,14-17H2,1H3. The van der Waals surface area contributed by atoms with Gasteiger partial charge in [-0.25, -0.2) is 4.79 Å². The van der Waals surface area contributed by atoms with Crippen LogP contribution in [0.5, 0.6) is 0 Å². The number of rotatable bonds is 6. The summed E-state index contributed by atoms with van der Waals surface area (Å²) in [6.07, 6.45) is 1.67. The van der Waals surface area contributed by atoms with Crippen LogP contribution in [0, 0.1) is 6.92 Å². The molecular formula is C27H23N3O4S. The highest BCUT2D eigenvalue weighted by molar-refractivity contribution is 7.98. The van der Waals surface area contributed by atoms with Crippen molar-refractivity contribution in [3.8, 4) is 0 Å². The molecule has 8 heteroatoms. The number of para-hydroxylation sites is 2. The van der Waals surface area contributed by atoms with Gasteiger partial charge in [-0.2, -0.15) is 4.98 Å². The largest absolute Gasteiger partial charge is 0.452 e. The van der Waals surface area contributed by atoms with Crippen LogP contribution in [0.25, 0.3) is 0 Å². The van der Waals surface area contributed by atoms with Crippen LogP contribution in [0.3, 0.4) is 0 Å². The van der Waals surface area contributed by atoms with Gasteiger partial charge in [0.1, 0.15) is 0 Å². The average Bonchev–Trinajstić information content (AvgIpc) is 3.23. The zero-order chi connectivity index (χ0) is 24.2. The number of nitrogens with zero attached hydrogens (tertiary/aromatic N) is 3. The highest BCUT2D eigenvalue weighted by Crippen LogP contribution is 2.36. The second-order valence-corrected chi connectivity index (χ2v) is 9.10. The lowest BCUT2D eigenvalue weighted by molar-refractivity contribution is -0.121. The van der Waals surface area contributed by atoms with Gasteiger partial charge in [-0.05, 0) is 55.2 Å². The SMILES string of the molecule is Cc1noc(CSc2ccccc2C(=O)OCC(=O)N2c3ccccc3CCc3ccccc32)n1. The molecule has 3 aromatic carbocycles. The lowest BCUT2D eigenvalue weighted by atomic mass is 10.0. The Morgan fingerprint density at radius 3 is 2.23 bits per heavy atom. The maximum absolute atomic E-state index is 13.4. The molecular weight excluding hydrogens is 462 g/mol. The molecule has 176 valence electrons. The van der Waals surface area contributed by atoms with E-state index in [1.807, 2.05) is 60.7 Å². The maximum atomic E-state index is 13.4. The molecule has 4 aromatic rings. The molecule has 0 spiro atoms. The molecule has 0 bridgehead atoms. The van der Waals surface area contributed by atoms with Gasteiger partial charge in [0.15, 0.2) is 12.4 Å². The number of carbonyl (C=O) groups excluding carboxylic acids is 2. The first-order chi connectivity index (χ1) is 17.1. The van der Waals surface area contributed by atoms with Crippen molar-refractivity contribution in [2.45, 2.75) is 30.4 Å². The number of amides is 1. The fourth-order valence-corrected chi connectivity index (χ4v) is 5.00. The molecule has 0 aliphatic carbocycles. The van der Waals surface area contributed by atoms with E-state index in [0.717, 1.165) is 35.3 Å². The lowest BCUT2D eigenvalue weighted by Crippen LogP contribution is -2.31. The summed E-state index contributed by atoms with van der Waals surface area (Å²) >= 11 is 1.40. The van der Waals surface area contributed by atoms with E-state index >= 15 is 0 Å². The van der Waals surface area contributed by atoms with E-state index in [9.17, 15) is 9.59 Å². The molecule has 5 rings (SSSR count). The summed E-state index contributed by atoms with van der Waals surface area (Å²) < 4.78 is 10.7. The van der Waals surface area contributed by atoms with E-state index in [-0.39, 0.29) is 12.5 Å². The first kappa shape index (κ1) is 22.9. The van der Waals surface area contributed by atoms with Crippen molar-refractivity contribution in [3.63, 3.8) is 0 Å². The van der Waals surface area contributed by atoms with E-state index in [4.69, 9.17) is 9.26 Å². The minimum absolute atomic E-state index is 0.299. The van der Waals surface area contributed by atoms with Crippen molar-refractivity contribution >= 4 is 35.0 Å². The molecule has 0 unspecified atom stereocenters. The quantitative estimate of drug-likeness (QED) is 0.271. The summed E-state index contributed by atoms with van der Waals surface area (Å²) in [7, 11) is 0. The molecule has 1 aliphatic heterocycles. The third kappa shape index (κ3) is 4.97. The third-order valence-electron chi connectivity index (χ3n) is 5.73. The fourth-order valence-electron chi connectivity index (χ4n) is 4.12. The van der Waals surface area contributed by atoms with E-state index in [1.54, 1.807) is 24.0 Å². The first-order valence-electron chi connectivity index (χ1n) is 11.3. The molecule has 1 aliphatic rings. The van der Waals surface area contributed by atoms with Crippen molar-refractivity contribution in [1.82, 2.24) is 10.1 Å². The molecule has 35 heavy (non-hydrogen) atoms. The van der Waals surface area contributed by atoms with Crippen LogP contribution < -0.4 is 4.90 Å². The number of carbonyl (C=O) groups is 2. The zero-order valence-corrected chi connectivity index (χ0v) is 20.0. The molecule has 0 radical (unpaired) electrons. The van der Waals surface area contributed by atoms with E-state index < -0.39 is 5.97 Å². The van der Waals surface area contributed by atoms with Crippen LogP contribution in [0.1, 0.15) is 33.2 Å². The van der Waals surface area contributed by atoms with Gasteiger partial charge in [0, 0.05) is 4.90 Å². The smallest absolute Gasteiger partial charge is 0.339 e. The van der Waals surface area contributed by atoms with Gasteiger partial charge in [-0.1, -0.05) is 53.7 Å². The molecule has 0 saturated carbocycles. The predicted octanol–water partition coefficient (Wildman–Crippen LogP) is 5.29. The molecule has 7 nitrogen and oxygen atoms in total. The number of aryl methyl sites for hydroxylation is 3. The predicted molar refractivity (Wildman–Crippen MR) is 133 cm³/mol. The van der Waals surface area contributed by atoms with Crippen LogP contribution in [-0.2, 0) is 28.1 Å². The summed E-state index contributed by atoms with van der Waals surface area (Å²) in [5.74, 6) is 0.602. The monoisotopic (exact) mass is 485 g/mol. The third-order valence-corrected chi connectivity index (χ3v) is 6.79. The highest BCUT2D eigenvalue weighted by Gasteiger charge is 2.26. The Hall–Kier alpha value is -3.91. The Bertz CT molecular complexity index is 1340. The summed E-state index contributed by atoms with van der Waals surface area (Å²) in [4.78, 5) is 33.0. The Kier molecular flexibility index (Phi) is 6.63. The Balaban J connectivity index is 1.33. The van der Waals surface area contributed by atoms with Crippen molar-refractivity contribution in [3.05, 3.63) is 101 Å². The summed E-state index contributed by atoms with van der Waals surface area (Å²) in [6, 6.07) is 22.8. The number of hydrogen-bond acceptors (Lipinski definition) is 7. The zero-order valence-electron chi connectivity index (χ0n) is 19.1. The van der Waals surface area contributed by atoms with Crippen molar-refractivity contribution in [2.75, 3.05) is 11.5 Å². The van der Waals surface area contributed by atoms with Crippen molar-refractivity contribution in [1.29, 1.82) is 0 Å². The Morgan fingerprint density at radius 2 is 1.57 bits per heavy atom. The van der Waals surface area contributed by atoms with Crippen LogP contribution in [-0.4, -0.2) is 28.6 Å². The second kappa shape index (κ2) is 10.1.